The summed E-state index contributed by atoms with van der Waals surface area (Å²) in [7, 11) is 0. The van der Waals surface area contributed by atoms with Gasteiger partial charge in [0.15, 0.2) is 0 Å². The Hall–Kier alpha value is -0.820. The Morgan fingerprint density at radius 1 is 1.00 bits per heavy atom. The van der Waals surface area contributed by atoms with Crippen molar-refractivity contribution in [2.75, 3.05) is 0 Å². The van der Waals surface area contributed by atoms with Gasteiger partial charge in [0.25, 0.3) is 0 Å². The SMILES string of the molecule is CC(C)CC(NC(C)C1CCCCC1)c1ccccc1. The Kier molecular flexibility index (Phi) is 6.09. The minimum atomic E-state index is 0.508. The lowest BCUT2D eigenvalue weighted by molar-refractivity contribution is 0.254. The lowest BCUT2D eigenvalue weighted by Gasteiger charge is -2.32. The van der Waals surface area contributed by atoms with E-state index in [1.807, 2.05) is 0 Å². The summed E-state index contributed by atoms with van der Waals surface area (Å²) >= 11 is 0. The first-order valence-electron chi connectivity index (χ1n) is 8.48. The van der Waals surface area contributed by atoms with Crippen LogP contribution in [0.4, 0.5) is 0 Å². The van der Waals surface area contributed by atoms with Crippen molar-refractivity contribution in [3.63, 3.8) is 0 Å². The molecule has 0 amide bonds. The van der Waals surface area contributed by atoms with Crippen LogP contribution in [-0.4, -0.2) is 6.04 Å². The largest absolute Gasteiger partial charge is 0.307 e. The molecule has 0 spiro atoms. The van der Waals surface area contributed by atoms with Crippen LogP contribution in [0.5, 0.6) is 0 Å². The van der Waals surface area contributed by atoms with Crippen LogP contribution in [-0.2, 0) is 0 Å². The van der Waals surface area contributed by atoms with E-state index >= 15 is 0 Å². The summed E-state index contributed by atoms with van der Waals surface area (Å²) < 4.78 is 0. The summed E-state index contributed by atoms with van der Waals surface area (Å²) in [6, 6.07) is 12.1. The number of hydrogen-bond donors (Lipinski definition) is 1. The molecule has 2 atom stereocenters. The summed E-state index contributed by atoms with van der Waals surface area (Å²) in [6.07, 6.45) is 8.35. The molecule has 1 aromatic rings. The van der Waals surface area contributed by atoms with Crippen molar-refractivity contribution in [1.82, 2.24) is 5.32 Å². The Morgan fingerprint density at radius 2 is 1.65 bits per heavy atom. The third-order valence-corrected chi connectivity index (χ3v) is 4.73. The van der Waals surface area contributed by atoms with Gasteiger partial charge in [-0.2, -0.15) is 0 Å². The van der Waals surface area contributed by atoms with E-state index in [0.717, 1.165) is 11.8 Å². The summed E-state index contributed by atoms with van der Waals surface area (Å²) in [4.78, 5) is 0. The van der Waals surface area contributed by atoms with Gasteiger partial charge in [-0.3, -0.25) is 0 Å². The molecular weight excluding hydrogens is 242 g/mol. The fraction of sp³-hybridized carbons (Fsp3) is 0.684. The predicted octanol–water partition coefficient (Wildman–Crippen LogP) is 5.33. The zero-order valence-corrected chi connectivity index (χ0v) is 13.4. The van der Waals surface area contributed by atoms with Crippen LogP contribution >= 0.6 is 0 Å². The first-order chi connectivity index (χ1) is 9.66. The van der Waals surface area contributed by atoms with Crippen molar-refractivity contribution < 1.29 is 0 Å². The predicted molar refractivity (Wildman–Crippen MR) is 87.8 cm³/mol. The number of nitrogens with one attached hydrogen (secondary N) is 1. The molecule has 2 unspecified atom stereocenters. The average Bonchev–Trinajstić information content (AvgIpc) is 2.48. The van der Waals surface area contributed by atoms with Crippen molar-refractivity contribution in [3.8, 4) is 0 Å². The fourth-order valence-corrected chi connectivity index (χ4v) is 3.54. The van der Waals surface area contributed by atoms with Crippen molar-refractivity contribution >= 4 is 0 Å². The Labute approximate surface area is 125 Å². The van der Waals surface area contributed by atoms with Crippen LogP contribution in [0.3, 0.4) is 0 Å². The van der Waals surface area contributed by atoms with E-state index < -0.39 is 0 Å². The first kappa shape index (κ1) is 15.6. The highest BCUT2D eigenvalue weighted by Gasteiger charge is 2.23. The molecule has 1 aliphatic carbocycles. The molecule has 0 bridgehead atoms. The number of rotatable bonds is 6. The second-order valence-electron chi connectivity index (χ2n) is 6.95. The van der Waals surface area contributed by atoms with E-state index in [-0.39, 0.29) is 0 Å². The van der Waals surface area contributed by atoms with Crippen LogP contribution in [0.25, 0.3) is 0 Å². The molecule has 1 aromatic carbocycles. The molecule has 1 nitrogen and oxygen atoms in total. The van der Waals surface area contributed by atoms with Gasteiger partial charge in [0.2, 0.25) is 0 Å². The van der Waals surface area contributed by atoms with Crippen molar-refractivity contribution in [1.29, 1.82) is 0 Å². The number of hydrogen-bond acceptors (Lipinski definition) is 1. The molecule has 0 heterocycles. The third-order valence-electron chi connectivity index (χ3n) is 4.73. The lowest BCUT2D eigenvalue weighted by atomic mass is 9.83. The van der Waals surface area contributed by atoms with Gasteiger partial charge in [-0.05, 0) is 43.6 Å². The van der Waals surface area contributed by atoms with E-state index in [1.54, 1.807) is 0 Å². The standard InChI is InChI=1S/C19H31N/c1-15(2)14-19(18-12-8-5-9-13-18)20-16(3)17-10-6-4-7-11-17/h5,8-9,12-13,15-17,19-20H,4,6-7,10-11,14H2,1-3H3. The molecule has 1 heteroatoms. The van der Waals surface area contributed by atoms with Crippen molar-refractivity contribution in [2.45, 2.75) is 71.4 Å². The third kappa shape index (κ3) is 4.63. The minimum Gasteiger partial charge on any atom is -0.307 e. The van der Waals surface area contributed by atoms with Gasteiger partial charge in [0.05, 0.1) is 0 Å². The van der Waals surface area contributed by atoms with Crippen molar-refractivity contribution in [2.24, 2.45) is 11.8 Å². The maximum absolute atomic E-state index is 3.93. The Bertz CT molecular complexity index is 365. The molecular formula is C19H31N. The molecule has 0 aliphatic heterocycles. The molecule has 1 fully saturated rings. The lowest BCUT2D eigenvalue weighted by Crippen LogP contribution is -2.37. The Morgan fingerprint density at radius 3 is 2.25 bits per heavy atom. The first-order valence-corrected chi connectivity index (χ1v) is 8.48. The van der Waals surface area contributed by atoms with Crippen LogP contribution in [0.15, 0.2) is 30.3 Å². The molecule has 112 valence electrons. The van der Waals surface area contributed by atoms with Crippen LogP contribution in [0, 0.1) is 11.8 Å². The smallest absolute Gasteiger partial charge is 0.0325 e. The molecule has 0 saturated heterocycles. The van der Waals surface area contributed by atoms with E-state index in [1.165, 1.54) is 44.1 Å². The zero-order chi connectivity index (χ0) is 14.4. The minimum absolute atomic E-state index is 0.508. The Balaban J connectivity index is 1.99. The van der Waals surface area contributed by atoms with Gasteiger partial charge in [-0.25, -0.2) is 0 Å². The van der Waals surface area contributed by atoms with E-state index in [0.29, 0.717) is 12.1 Å². The van der Waals surface area contributed by atoms with Gasteiger partial charge >= 0.3 is 0 Å². The average molecular weight is 273 g/mol. The maximum atomic E-state index is 3.93. The second-order valence-corrected chi connectivity index (χ2v) is 6.95. The highest BCUT2D eigenvalue weighted by Crippen LogP contribution is 2.29. The van der Waals surface area contributed by atoms with Gasteiger partial charge in [0.1, 0.15) is 0 Å². The number of benzene rings is 1. The van der Waals surface area contributed by atoms with E-state index in [4.69, 9.17) is 0 Å². The van der Waals surface area contributed by atoms with Gasteiger partial charge in [-0.1, -0.05) is 63.4 Å². The highest BCUT2D eigenvalue weighted by atomic mass is 15.0. The maximum Gasteiger partial charge on any atom is 0.0325 e. The summed E-state index contributed by atoms with van der Waals surface area (Å²) in [6.45, 7) is 7.04. The van der Waals surface area contributed by atoms with Crippen LogP contribution in [0.2, 0.25) is 0 Å². The normalized spacial score (nSPS) is 20.0. The monoisotopic (exact) mass is 273 g/mol. The van der Waals surface area contributed by atoms with Gasteiger partial charge in [0, 0.05) is 12.1 Å². The summed E-state index contributed by atoms with van der Waals surface area (Å²) in [5, 5.41) is 3.93. The van der Waals surface area contributed by atoms with Crippen molar-refractivity contribution in [3.05, 3.63) is 35.9 Å². The quantitative estimate of drug-likeness (QED) is 0.738. The van der Waals surface area contributed by atoms with E-state index in [2.05, 4.69) is 56.4 Å². The topological polar surface area (TPSA) is 12.0 Å². The molecule has 2 rings (SSSR count). The van der Waals surface area contributed by atoms with E-state index in [9.17, 15) is 0 Å². The zero-order valence-electron chi connectivity index (χ0n) is 13.4. The second kappa shape index (κ2) is 7.83. The van der Waals surface area contributed by atoms with Gasteiger partial charge < -0.3 is 5.32 Å². The highest BCUT2D eigenvalue weighted by molar-refractivity contribution is 5.19. The molecule has 20 heavy (non-hydrogen) atoms. The molecule has 0 aromatic heterocycles. The molecule has 1 saturated carbocycles. The summed E-state index contributed by atoms with van der Waals surface area (Å²) in [5.74, 6) is 1.60. The van der Waals surface area contributed by atoms with Crippen LogP contribution < -0.4 is 5.32 Å². The van der Waals surface area contributed by atoms with Gasteiger partial charge in [-0.15, -0.1) is 0 Å². The molecule has 0 radical (unpaired) electrons. The van der Waals surface area contributed by atoms with Crippen LogP contribution in [0.1, 0.15) is 70.9 Å². The molecule has 1 aliphatic rings. The molecule has 1 N–H and O–H groups in total. The fourth-order valence-electron chi connectivity index (χ4n) is 3.54. The summed E-state index contributed by atoms with van der Waals surface area (Å²) in [5.41, 5.74) is 1.45.